The van der Waals surface area contributed by atoms with Crippen molar-refractivity contribution in [2.75, 3.05) is 14.2 Å². The summed E-state index contributed by atoms with van der Waals surface area (Å²) in [7, 11) is 7.49. The van der Waals surface area contributed by atoms with Gasteiger partial charge in [0.25, 0.3) is 0 Å². The minimum absolute atomic E-state index is 0. The molecule has 0 saturated carbocycles. The molecule has 0 atom stereocenters. The van der Waals surface area contributed by atoms with Crippen molar-refractivity contribution in [3.8, 4) is 11.5 Å². The van der Waals surface area contributed by atoms with Crippen LogP contribution in [0.1, 0.15) is 0 Å². The number of pyridine rings is 2. The second-order valence-electron chi connectivity index (χ2n) is 5.42. The zero-order chi connectivity index (χ0) is 20.5. The standard InChI is InChI=1S/C10H8BrNO.C10H8ClNO.2ClH.Cu.Na/c2*1-13-9-3-2-7-4-8(11)6-12-10(7)5-9;;;;/h2*2-6H,1H3;2*1H;;/q;;;;2*+1/p-2. The van der Waals surface area contributed by atoms with Crippen molar-refractivity contribution >= 4 is 59.4 Å². The van der Waals surface area contributed by atoms with E-state index in [2.05, 4.69) is 51.1 Å². The first-order chi connectivity index (χ1) is 13.6. The maximum Gasteiger partial charge on any atom is 1.00 e. The van der Waals surface area contributed by atoms with Crippen molar-refractivity contribution < 1.29 is 66.5 Å². The van der Waals surface area contributed by atoms with Gasteiger partial charge in [-0.3, -0.25) is 9.97 Å². The second-order valence-corrected chi connectivity index (χ2v) is 6.78. The fourth-order valence-electron chi connectivity index (χ4n) is 2.40. The van der Waals surface area contributed by atoms with E-state index in [9.17, 15) is 0 Å². The van der Waals surface area contributed by atoms with E-state index >= 15 is 0 Å². The first-order valence-corrected chi connectivity index (χ1v) is 10.4. The normalized spacial score (nSPS) is 9.17. The summed E-state index contributed by atoms with van der Waals surface area (Å²) in [6.45, 7) is 0. The summed E-state index contributed by atoms with van der Waals surface area (Å²) >= 11 is 12.8. The largest absolute Gasteiger partial charge is 1.00 e. The van der Waals surface area contributed by atoms with E-state index in [4.69, 9.17) is 21.1 Å². The van der Waals surface area contributed by atoms with Crippen LogP contribution in [0.2, 0.25) is 5.02 Å². The Balaban J connectivity index is 0.000000488. The first-order valence-electron chi connectivity index (χ1n) is 7.89. The number of halogens is 4. The molecule has 158 valence electrons. The van der Waals surface area contributed by atoms with Gasteiger partial charge in [0.15, 0.2) is 0 Å². The fraction of sp³-hybridized carbons (Fsp3) is 0.100. The van der Waals surface area contributed by atoms with Gasteiger partial charge in [-0.05, 0) is 52.3 Å². The average Bonchev–Trinajstić information content (AvgIpc) is 2.74. The van der Waals surface area contributed by atoms with Crippen LogP contribution in [0.4, 0.5) is 0 Å². The molecule has 4 nitrogen and oxygen atoms in total. The zero-order valence-corrected chi connectivity index (χ0v) is 23.1. The number of aromatic nitrogens is 2. The van der Waals surface area contributed by atoms with Gasteiger partial charge in [0.05, 0.1) is 30.3 Å². The summed E-state index contributed by atoms with van der Waals surface area (Å²) in [6.07, 6.45) is 3.41. The van der Waals surface area contributed by atoms with E-state index in [1.807, 2.05) is 48.5 Å². The van der Waals surface area contributed by atoms with Crippen LogP contribution in [0.25, 0.3) is 21.8 Å². The molecule has 0 aliphatic carbocycles. The molecule has 10 heteroatoms. The van der Waals surface area contributed by atoms with Crippen LogP contribution in [0.3, 0.4) is 0 Å². The molecule has 0 unspecified atom stereocenters. The van der Waals surface area contributed by atoms with Gasteiger partial charge >= 0.3 is 54.8 Å². The number of rotatable bonds is 2. The van der Waals surface area contributed by atoms with Crippen LogP contribution in [-0.2, 0) is 15.1 Å². The smallest absolute Gasteiger partial charge is 1.00 e. The predicted octanol–water partition coefficient (Wildman–Crippen LogP) is 0.598. The Kier molecular flexibility index (Phi) is 15.4. The van der Waals surface area contributed by atoms with Gasteiger partial charge in [-0.15, -0.1) is 0 Å². The Bertz CT molecular complexity index is 991. The fourth-order valence-corrected chi connectivity index (χ4v) is 2.92. The van der Waals surface area contributed by atoms with Crippen LogP contribution in [0, 0.1) is 0 Å². The van der Waals surface area contributed by atoms with E-state index < -0.39 is 0 Å². The molecular formula is C20H16BrCl3CuN2NaO2. The average molecular weight is 589 g/mol. The van der Waals surface area contributed by atoms with Crippen molar-refractivity contribution in [1.82, 2.24) is 9.97 Å². The summed E-state index contributed by atoms with van der Waals surface area (Å²) < 4.78 is 11.2. The molecule has 2 heterocycles. The molecule has 0 N–H and O–H groups in total. The van der Waals surface area contributed by atoms with Crippen LogP contribution in [-0.4, -0.2) is 24.2 Å². The van der Waals surface area contributed by atoms with Crippen LogP contribution < -0.4 is 51.4 Å². The second kappa shape index (κ2) is 15.5. The minimum atomic E-state index is 0. The van der Waals surface area contributed by atoms with Crippen molar-refractivity contribution in [3.05, 3.63) is 70.4 Å². The summed E-state index contributed by atoms with van der Waals surface area (Å²) in [4.78, 5) is 8.44. The first kappa shape index (κ1) is 29.7. The molecule has 0 aliphatic rings. The van der Waals surface area contributed by atoms with Gasteiger partial charge < -0.3 is 21.9 Å². The van der Waals surface area contributed by atoms with E-state index in [0.717, 1.165) is 37.8 Å². The number of benzene rings is 2. The third-order valence-electron chi connectivity index (χ3n) is 3.72. The Labute approximate surface area is 229 Å². The topological polar surface area (TPSA) is 44.2 Å². The molecule has 0 radical (unpaired) electrons. The monoisotopic (exact) mass is 586 g/mol. The molecule has 0 saturated heterocycles. The van der Waals surface area contributed by atoms with Crippen LogP contribution in [0.5, 0.6) is 11.5 Å². The molecule has 2 aromatic heterocycles. The van der Waals surface area contributed by atoms with E-state index in [-0.39, 0.29) is 42.0 Å². The Morgan fingerprint density at radius 2 is 1.27 bits per heavy atom. The molecule has 4 aromatic rings. The Hall–Kier alpha value is -0.271. The molecule has 30 heavy (non-hydrogen) atoms. The van der Waals surface area contributed by atoms with Gasteiger partial charge in [0.2, 0.25) is 0 Å². The van der Waals surface area contributed by atoms with Crippen LogP contribution >= 0.6 is 37.6 Å². The predicted molar refractivity (Wildman–Crippen MR) is 115 cm³/mol. The maximum absolute atomic E-state index is 5.80. The number of methoxy groups -OCH3 is 2. The molecular weight excluding hydrogens is 573 g/mol. The van der Waals surface area contributed by atoms with Crippen molar-refractivity contribution in [1.29, 1.82) is 0 Å². The molecule has 2 aromatic carbocycles. The van der Waals surface area contributed by atoms with Crippen LogP contribution in [0.15, 0.2) is 65.4 Å². The zero-order valence-electron chi connectivity index (χ0n) is 16.3. The third-order valence-corrected chi connectivity index (χ3v) is 4.36. The Morgan fingerprint density at radius 1 is 0.800 bits per heavy atom. The molecule has 0 spiro atoms. The molecule has 0 amide bonds. The summed E-state index contributed by atoms with van der Waals surface area (Å²) in [5, 5.41) is 2.78. The maximum atomic E-state index is 5.80. The van der Waals surface area contributed by atoms with Gasteiger partial charge in [-0.1, -0.05) is 11.6 Å². The number of hydrogen-bond donors (Lipinski definition) is 0. The molecule has 0 aliphatic heterocycles. The van der Waals surface area contributed by atoms with Gasteiger partial charge in [0.1, 0.15) is 11.5 Å². The number of hydrogen-bond acceptors (Lipinski definition) is 4. The van der Waals surface area contributed by atoms with Gasteiger partial charge in [0, 0.05) is 39.8 Å². The third kappa shape index (κ3) is 8.70. The summed E-state index contributed by atoms with van der Waals surface area (Å²) in [6, 6.07) is 15.5. The van der Waals surface area contributed by atoms with Crippen molar-refractivity contribution in [2.45, 2.75) is 0 Å². The number of ether oxygens (including phenoxy) is 2. The minimum Gasteiger partial charge on any atom is 1.00 e. The van der Waals surface area contributed by atoms with E-state index in [1.54, 1.807) is 26.6 Å². The summed E-state index contributed by atoms with van der Waals surface area (Å²) in [5.41, 5.74) is 1.84. The van der Waals surface area contributed by atoms with Crippen molar-refractivity contribution in [2.24, 2.45) is 0 Å². The van der Waals surface area contributed by atoms with Crippen molar-refractivity contribution in [3.63, 3.8) is 0 Å². The molecule has 0 fully saturated rings. The van der Waals surface area contributed by atoms with E-state index in [0.29, 0.717) is 5.02 Å². The number of fused-ring (bicyclic) bond motifs is 2. The van der Waals surface area contributed by atoms with Gasteiger partial charge in [-0.25, -0.2) is 0 Å². The van der Waals surface area contributed by atoms with Gasteiger partial charge in [-0.2, -0.15) is 0 Å². The Morgan fingerprint density at radius 3 is 1.77 bits per heavy atom. The van der Waals surface area contributed by atoms with E-state index in [1.165, 1.54) is 0 Å². The molecule has 4 rings (SSSR count). The SMILES string of the molecule is COc1ccc2cc(Br)cnc2c1.COc1ccc2cc(Cl)cnc2c1.[Cl-].[Cl][Cu].[Na+]. The summed E-state index contributed by atoms with van der Waals surface area (Å²) in [5.74, 6) is 1.64. The number of nitrogens with zero attached hydrogens (tertiary/aromatic N) is 2. The quantitative estimate of drug-likeness (QED) is 0.322. The molecule has 0 bridgehead atoms.